The maximum absolute atomic E-state index is 12.7. The molecule has 0 aromatic rings. The van der Waals surface area contributed by atoms with Gasteiger partial charge in [0.05, 0.1) is 27.7 Å². The molecule has 9 nitrogen and oxygen atoms in total. The molecule has 1 N–H and O–H groups in total. The van der Waals surface area contributed by atoms with Crippen molar-refractivity contribution in [2.45, 2.75) is 213 Å². The minimum absolute atomic E-state index is 0.0295. The number of rotatable bonds is 43. The smallest absolute Gasteiger partial charge is 0.462 e. The molecule has 0 rings (SSSR count). The Morgan fingerprint density at radius 2 is 0.931 bits per heavy atom. The molecule has 340 valence electrons. The molecule has 0 aromatic carbocycles. The number of hydrogen-bond donors (Lipinski definition) is 1. The third-order valence-electron chi connectivity index (χ3n) is 10.1. The highest BCUT2D eigenvalue weighted by Crippen LogP contribution is 2.43. The number of allylic oxidation sites excluding steroid dienone is 6. The van der Waals surface area contributed by atoms with Crippen molar-refractivity contribution >= 4 is 19.8 Å². The summed E-state index contributed by atoms with van der Waals surface area (Å²) in [6, 6.07) is 0. The second kappa shape index (κ2) is 40.6. The second-order valence-corrected chi connectivity index (χ2v) is 18.6. The number of carbonyl (C=O) groups is 2. The number of ether oxygens (including phenoxy) is 2. The lowest BCUT2D eigenvalue weighted by Crippen LogP contribution is -2.37. The molecule has 0 radical (unpaired) electrons. The van der Waals surface area contributed by atoms with Crippen LogP contribution >= 0.6 is 7.82 Å². The average Bonchev–Trinajstić information content (AvgIpc) is 3.17. The molecule has 0 aliphatic rings. The van der Waals surface area contributed by atoms with Gasteiger partial charge in [-0.1, -0.05) is 159 Å². The monoisotopic (exact) mass is 841 g/mol. The lowest BCUT2D eigenvalue weighted by atomic mass is 10.1. The molecule has 0 fully saturated rings. The maximum Gasteiger partial charge on any atom is 0.472 e. The summed E-state index contributed by atoms with van der Waals surface area (Å²) in [5.74, 6) is -0.809. The van der Waals surface area contributed by atoms with E-state index in [1.807, 2.05) is 21.1 Å². The van der Waals surface area contributed by atoms with Crippen LogP contribution in [0, 0.1) is 0 Å². The fourth-order valence-corrected chi connectivity index (χ4v) is 7.13. The Morgan fingerprint density at radius 3 is 1.41 bits per heavy atom. The van der Waals surface area contributed by atoms with Crippen molar-refractivity contribution in [2.75, 3.05) is 47.5 Å². The lowest BCUT2D eigenvalue weighted by molar-refractivity contribution is -0.870. The normalized spacial score (nSPS) is 13.8. The van der Waals surface area contributed by atoms with Gasteiger partial charge in [-0.15, -0.1) is 0 Å². The minimum Gasteiger partial charge on any atom is -0.462 e. The summed E-state index contributed by atoms with van der Waals surface area (Å²) in [6.07, 6.45) is 46.1. The minimum atomic E-state index is -4.38. The Hall–Kier alpha value is -1.77. The van der Waals surface area contributed by atoms with Gasteiger partial charge in [-0.05, 0) is 70.6 Å². The van der Waals surface area contributed by atoms with Crippen molar-refractivity contribution in [3.05, 3.63) is 36.5 Å². The van der Waals surface area contributed by atoms with Crippen LogP contribution in [-0.2, 0) is 32.7 Å². The van der Waals surface area contributed by atoms with Crippen LogP contribution in [0.2, 0.25) is 0 Å². The predicted octanol–water partition coefficient (Wildman–Crippen LogP) is 13.7. The molecule has 0 saturated carbocycles. The van der Waals surface area contributed by atoms with Crippen LogP contribution in [0.3, 0.4) is 0 Å². The first kappa shape index (κ1) is 56.2. The van der Waals surface area contributed by atoms with Crippen LogP contribution < -0.4 is 0 Å². The van der Waals surface area contributed by atoms with Gasteiger partial charge in [-0.25, -0.2) is 4.57 Å². The number of phosphoric acid groups is 1. The van der Waals surface area contributed by atoms with Crippen LogP contribution in [-0.4, -0.2) is 74.9 Å². The topological polar surface area (TPSA) is 108 Å². The standard InChI is InChI=1S/C48H90NO8P/c1-6-8-10-12-14-16-18-20-22-24-26-28-30-32-34-36-38-40-47(50)54-44-46(45-56-58(52,53)55-43-42-49(3,4)5)57-48(51)41-39-37-35-33-31-29-27-25-23-21-19-17-15-13-11-9-7-2/h14,16,20-23,46H,6-13,15,17-19,24-45H2,1-5H3/p+1/b16-14-,22-20-,23-21-/t46-/m1/s1. The van der Waals surface area contributed by atoms with E-state index in [1.54, 1.807) is 0 Å². The highest BCUT2D eigenvalue weighted by Gasteiger charge is 2.27. The van der Waals surface area contributed by atoms with Gasteiger partial charge in [0.1, 0.15) is 19.8 Å². The fraction of sp³-hybridized carbons (Fsp3) is 0.833. The number of unbranched alkanes of at least 4 members (excludes halogenated alkanes) is 23. The third-order valence-corrected chi connectivity index (χ3v) is 11.1. The van der Waals surface area contributed by atoms with Crippen molar-refractivity contribution < 1.29 is 42.1 Å². The Balaban J connectivity index is 4.33. The quantitative estimate of drug-likeness (QED) is 0.0213. The van der Waals surface area contributed by atoms with E-state index >= 15 is 0 Å². The summed E-state index contributed by atoms with van der Waals surface area (Å²) in [7, 11) is 1.47. The molecular formula is C48H91NO8P+. The Kier molecular flexibility index (Phi) is 39.4. The Bertz CT molecular complexity index is 1090. The molecule has 1 unspecified atom stereocenters. The SMILES string of the molecule is CCCCC/C=C\C/C=C\CCCCCCCCCC(=O)OC[C@H](COP(=O)(O)OCC[N+](C)(C)C)OC(=O)CCCCCCCCC/C=C\CCCCCCCC. The van der Waals surface area contributed by atoms with Crippen molar-refractivity contribution in [2.24, 2.45) is 0 Å². The van der Waals surface area contributed by atoms with Crippen LogP contribution in [0.5, 0.6) is 0 Å². The number of carbonyl (C=O) groups excluding carboxylic acids is 2. The van der Waals surface area contributed by atoms with Gasteiger partial charge < -0.3 is 18.9 Å². The molecule has 0 heterocycles. The van der Waals surface area contributed by atoms with E-state index in [-0.39, 0.29) is 32.0 Å². The van der Waals surface area contributed by atoms with E-state index in [0.29, 0.717) is 17.4 Å². The van der Waals surface area contributed by atoms with Crippen molar-refractivity contribution in [1.82, 2.24) is 0 Å². The van der Waals surface area contributed by atoms with E-state index in [4.69, 9.17) is 18.5 Å². The summed E-state index contributed by atoms with van der Waals surface area (Å²) in [6.45, 7) is 4.39. The van der Waals surface area contributed by atoms with Gasteiger partial charge in [-0.2, -0.15) is 0 Å². The summed E-state index contributed by atoms with van der Waals surface area (Å²) in [5, 5.41) is 0. The zero-order chi connectivity index (χ0) is 42.8. The molecule has 0 aliphatic carbocycles. The molecule has 0 aliphatic heterocycles. The lowest BCUT2D eigenvalue weighted by Gasteiger charge is -2.24. The van der Waals surface area contributed by atoms with Gasteiger partial charge in [-0.3, -0.25) is 18.6 Å². The van der Waals surface area contributed by atoms with E-state index < -0.39 is 26.5 Å². The first-order chi connectivity index (χ1) is 28.0. The van der Waals surface area contributed by atoms with Crippen molar-refractivity contribution in [3.63, 3.8) is 0 Å². The average molecular weight is 841 g/mol. The van der Waals surface area contributed by atoms with Gasteiger partial charge in [0.25, 0.3) is 0 Å². The van der Waals surface area contributed by atoms with Crippen LogP contribution in [0.15, 0.2) is 36.5 Å². The number of quaternary nitrogens is 1. The van der Waals surface area contributed by atoms with Gasteiger partial charge in [0.2, 0.25) is 0 Å². The fourth-order valence-electron chi connectivity index (χ4n) is 6.39. The molecule has 0 spiro atoms. The van der Waals surface area contributed by atoms with Crippen LogP contribution in [0.4, 0.5) is 0 Å². The van der Waals surface area contributed by atoms with Gasteiger partial charge in [0.15, 0.2) is 6.10 Å². The molecular weight excluding hydrogens is 750 g/mol. The van der Waals surface area contributed by atoms with E-state index in [1.165, 1.54) is 109 Å². The zero-order valence-corrected chi connectivity index (χ0v) is 39.2. The molecule has 2 atom stereocenters. The van der Waals surface area contributed by atoms with E-state index in [2.05, 4.69) is 50.3 Å². The van der Waals surface area contributed by atoms with Crippen molar-refractivity contribution in [3.8, 4) is 0 Å². The molecule has 0 saturated heterocycles. The zero-order valence-electron chi connectivity index (χ0n) is 38.3. The highest BCUT2D eigenvalue weighted by atomic mass is 31.2. The Morgan fingerprint density at radius 1 is 0.534 bits per heavy atom. The second-order valence-electron chi connectivity index (χ2n) is 17.1. The summed E-state index contributed by atoms with van der Waals surface area (Å²) >= 11 is 0. The summed E-state index contributed by atoms with van der Waals surface area (Å²) in [4.78, 5) is 35.4. The summed E-state index contributed by atoms with van der Waals surface area (Å²) < 4.78 is 34.4. The molecule has 58 heavy (non-hydrogen) atoms. The summed E-state index contributed by atoms with van der Waals surface area (Å²) in [5.41, 5.74) is 0. The maximum atomic E-state index is 12.7. The number of likely N-dealkylation sites (N-methyl/N-ethyl adjacent to an activating group) is 1. The van der Waals surface area contributed by atoms with Gasteiger partial charge >= 0.3 is 19.8 Å². The van der Waals surface area contributed by atoms with Gasteiger partial charge in [0, 0.05) is 12.8 Å². The molecule has 10 heteroatoms. The molecule has 0 amide bonds. The number of esters is 2. The number of phosphoric ester groups is 1. The molecule has 0 bridgehead atoms. The Labute approximate surface area is 357 Å². The van der Waals surface area contributed by atoms with Crippen LogP contribution in [0.25, 0.3) is 0 Å². The predicted molar refractivity (Wildman–Crippen MR) is 243 cm³/mol. The first-order valence-electron chi connectivity index (χ1n) is 23.7. The van der Waals surface area contributed by atoms with Crippen LogP contribution in [0.1, 0.15) is 206 Å². The third kappa shape index (κ3) is 43.8. The first-order valence-corrected chi connectivity index (χ1v) is 25.2. The number of hydrogen-bond acceptors (Lipinski definition) is 7. The highest BCUT2D eigenvalue weighted by molar-refractivity contribution is 7.47. The number of nitrogens with zero attached hydrogens (tertiary/aromatic N) is 1. The van der Waals surface area contributed by atoms with E-state index in [0.717, 1.165) is 64.2 Å². The molecule has 0 aromatic heterocycles. The van der Waals surface area contributed by atoms with E-state index in [9.17, 15) is 19.0 Å². The van der Waals surface area contributed by atoms with Crippen molar-refractivity contribution in [1.29, 1.82) is 0 Å². The largest absolute Gasteiger partial charge is 0.472 e.